The smallest absolute Gasteiger partial charge is 0.406 e. The van der Waals surface area contributed by atoms with Gasteiger partial charge in [-0.3, -0.25) is 0 Å². The van der Waals surface area contributed by atoms with Crippen molar-refractivity contribution in [1.82, 2.24) is 0 Å². The molecule has 14 heteroatoms. The third-order valence-electron chi connectivity index (χ3n) is 8.12. The lowest BCUT2D eigenvalue weighted by molar-refractivity contribution is -0.181. The summed E-state index contributed by atoms with van der Waals surface area (Å²) in [5, 5.41) is 39.5. The van der Waals surface area contributed by atoms with Crippen LogP contribution in [0.25, 0.3) is 0 Å². The van der Waals surface area contributed by atoms with Gasteiger partial charge in [0.1, 0.15) is 10.8 Å². The Bertz CT molecular complexity index is 1710. The van der Waals surface area contributed by atoms with Crippen molar-refractivity contribution in [1.29, 1.82) is 0 Å². The van der Waals surface area contributed by atoms with Gasteiger partial charge < -0.3 is 20.4 Å². The molecule has 0 aliphatic heterocycles. The van der Waals surface area contributed by atoms with Crippen molar-refractivity contribution in [2.75, 3.05) is 0 Å². The van der Waals surface area contributed by atoms with Crippen molar-refractivity contribution in [3.8, 4) is 0 Å². The first kappa shape index (κ1) is 31.8. The summed E-state index contributed by atoms with van der Waals surface area (Å²) < 4.78 is 95.8. The van der Waals surface area contributed by atoms with E-state index >= 15 is 26.3 Å². The van der Waals surface area contributed by atoms with Crippen LogP contribution in [0.4, 0.5) is 26.3 Å². The average molecular weight is 644 g/mol. The SMILES string of the molecule is O=C(O)c1cc2c(cc1C(=O)O)C(c1ccccc1)(C(F)(F)F)c1cc(C(=O)O)c(C(=O)O)cc1C2(c1ccccc1)C(F)(F)F. The van der Waals surface area contributed by atoms with E-state index in [2.05, 4.69) is 0 Å². The quantitative estimate of drug-likeness (QED) is 0.172. The maximum atomic E-state index is 16.0. The first-order valence-corrected chi connectivity index (χ1v) is 13.0. The lowest BCUT2D eigenvalue weighted by atomic mass is 9.52. The zero-order valence-corrected chi connectivity index (χ0v) is 22.8. The van der Waals surface area contributed by atoms with E-state index in [1.807, 2.05) is 0 Å². The molecule has 0 radical (unpaired) electrons. The van der Waals surface area contributed by atoms with Crippen molar-refractivity contribution in [3.05, 3.63) is 141 Å². The van der Waals surface area contributed by atoms with Crippen LogP contribution >= 0.6 is 0 Å². The number of halogens is 6. The zero-order valence-electron chi connectivity index (χ0n) is 22.8. The Hall–Kier alpha value is -5.66. The fraction of sp³-hybridized carbons (Fsp3) is 0.125. The van der Waals surface area contributed by atoms with E-state index in [0.717, 1.165) is 48.5 Å². The molecule has 46 heavy (non-hydrogen) atoms. The fourth-order valence-electron chi connectivity index (χ4n) is 6.37. The summed E-state index contributed by atoms with van der Waals surface area (Å²) >= 11 is 0. The Morgan fingerprint density at radius 1 is 0.435 bits per heavy atom. The molecule has 8 nitrogen and oxygen atoms in total. The van der Waals surface area contributed by atoms with Crippen molar-refractivity contribution in [2.45, 2.75) is 23.2 Å². The lowest BCUT2D eigenvalue weighted by Crippen LogP contribution is -2.56. The molecule has 4 aromatic rings. The number of alkyl halides is 6. The second kappa shape index (κ2) is 10.5. The average Bonchev–Trinajstić information content (AvgIpc) is 2.97. The predicted molar refractivity (Wildman–Crippen MR) is 145 cm³/mol. The molecule has 0 amide bonds. The predicted octanol–water partition coefficient (Wildman–Crippen LogP) is 6.59. The van der Waals surface area contributed by atoms with Gasteiger partial charge in [0.25, 0.3) is 0 Å². The topological polar surface area (TPSA) is 149 Å². The van der Waals surface area contributed by atoms with Crippen LogP contribution in [-0.2, 0) is 10.8 Å². The van der Waals surface area contributed by atoms with Crippen LogP contribution in [-0.4, -0.2) is 56.7 Å². The summed E-state index contributed by atoms with van der Waals surface area (Å²) in [6.07, 6.45) is -11.3. The number of hydrogen-bond acceptors (Lipinski definition) is 4. The van der Waals surface area contributed by atoms with Gasteiger partial charge in [0.15, 0.2) is 0 Å². The molecule has 1 aliphatic carbocycles. The number of rotatable bonds is 6. The summed E-state index contributed by atoms with van der Waals surface area (Å²) in [6.45, 7) is 0. The maximum Gasteiger partial charge on any atom is 0.406 e. The molecule has 0 spiro atoms. The van der Waals surface area contributed by atoms with Crippen molar-refractivity contribution in [3.63, 3.8) is 0 Å². The molecule has 0 unspecified atom stereocenters. The van der Waals surface area contributed by atoms with Crippen molar-refractivity contribution in [2.24, 2.45) is 0 Å². The Kier molecular flexibility index (Phi) is 7.22. The Balaban J connectivity index is 2.25. The lowest BCUT2D eigenvalue weighted by Gasteiger charge is -2.51. The molecular formula is C32H18F6O8. The highest BCUT2D eigenvalue weighted by Crippen LogP contribution is 2.65. The third kappa shape index (κ3) is 4.24. The van der Waals surface area contributed by atoms with Crippen LogP contribution in [0.15, 0.2) is 84.9 Å². The Morgan fingerprint density at radius 2 is 0.652 bits per heavy atom. The van der Waals surface area contributed by atoms with E-state index in [4.69, 9.17) is 0 Å². The van der Waals surface area contributed by atoms with Gasteiger partial charge in [-0.15, -0.1) is 0 Å². The van der Waals surface area contributed by atoms with E-state index < -0.39 is 103 Å². The van der Waals surface area contributed by atoms with Crippen LogP contribution in [0, 0.1) is 0 Å². The molecule has 0 bridgehead atoms. The highest BCUT2D eigenvalue weighted by Gasteiger charge is 2.70. The van der Waals surface area contributed by atoms with Gasteiger partial charge in [-0.2, -0.15) is 26.3 Å². The van der Waals surface area contributed by atoms with Crippen LogP contribution in [0.5, 0.6) is 0 Å². The van der Waals surface area contributed by atoms with Crippen LogP contribution in [0.3, 0.4) is 0 Å². The van der Waals surface area contributed by atoms with Gasteiger partial charge >= 0.3 is 36.2 Å². The van der Waals surface area contributed by atoms with Gasteiger partial charge in [-0.05, 0) is 57.6 Å². The molecule has 1 aliphatic rings. The molecule has 4 N–H and O–H groups in total. The molecule has 4 aromatic carbocycles. The number of fused-ring (bicyclic) bond motifs is 2. The first-order valence-electron chi connectivity index (χ1n) is 13.0. The number of carbonyl (C=O) groups is 4. The molecule has 0 atom stereocenters. The number of aromatic carboxylic acids is 4. The monoisotopic (exact) mass is 644 g/mol. The first-order chi connectivity index (χ1) is 21.4. The summed E-state index contributed by atoms with van der Waals surface area (Å²) in [5.74, 6) is -8.28. The maximum absolute atomic E-state index is 16.0. The van der Waals surface area contributed by atoms with Gasteiger partial charge in [-0.1, -0.05) is 60.7 Å². The second-order valence-electron chi connectivity index (χ2n) is 10.3. The van der Waals surface area contributed by atoms with E-state index in [1.54, 1.807) is 0 Å². The van der Waals surface area contributed by atoms with Crippen LogP contribution in [0.1, 0.15) is 74.8 Å². The minimum absolute atomic E-state index is 0.208. The zero-order chi connectivity index (χ0) is 34.0. The summed E-state index contributed by atoms with van der Waals surface area (Å²) in [7, 11) is 0. The normalized spacial score (nSPS) is 19.1. The summed E-state index contributed by atoms with van der Waals surface area (Å²) in [6, 6.07) is 11.3. The van der Waals surface area contributed by atoms with Crippen molar-refractivity contribution < 1.29 is 65.9 Å². The van der Waals surface area contributed by atoms with Gasteiger partial charge in [0.05, 0.1) is 22.3 Å². The largest absolute Gasteiger partial charge is 0.478 e. The van der Waals surface area contributed by atoms with E-state index in [1.165, 1.54) is 12.1 Å². The number of benzene rings is 4. The molecule has 0 saturated heterocycles. The van der Waals surface area contributed by atoms with Gasteiger partial charge in [0, 0.05) is 0 Å². The fourth-order valence-corrected chi connectivity index (χ4v) is 6.37. The number of carboxylic acids is 4. The minimum atomic E-state index is -5.67. The Morgan fingerprint density at radius 3 is 0.826 bits per heavy atom. The Labute approximate surface area is 253 Å². The highest BCUT2D eigenvalue weighted by molar-refractivity contribution is 6.04. The van der Waals surface area contributed by atoms with Crippen LogP contribution in [0.2, 0.25) is 0 Å². The van der Waals surface area contributed by atoms with E-state index in [-0.39, 0.29) is 24.3 Å². The van der Waals surface area contributed by atoms with E-state index in [0.29, 0.717) is 0 Å². The number of hydrogen-bond donors (Lipinski definition) is 4. The molecule has 0 saturated carbocycles. The summed E-state index contributed by atoms with van der Waals surface area (Å²) in [4.78, 5) is 48.9. The van der Waals surface area contributed by atoms with Gasteiger partial charge in [0.2, 0.25) is 0 Å². The summed E-state index contributed by atoms with van der Waals surface area (Å²) in [5.41, 5.74) is -19.6. The standard InChI is InChI=1S/C32H18F6O8/c33-31(34,35)29(15-7-3-1-4-8-15)21-11-17(25(39)40)19(27(43)44)13-23(21)30(32(36,37)38,16-9-5-2-6-10-16)24-14-20(28(45)46)18(26(41)42)12-22(24)29/h1-14H,(H,39,40)(H,41,42)(H,43,44)(H,45,46). The molecule has 236 valence electrons. The molecular weight excluding hydrogens is 626 g/mol. The molecule has 0 aromatic heterocycles. The number of carboxylic acid groups (broad SMARTS) is 4. The van der Waals surface area contributed by atoms with Crippen LogP contribution < -0.4 is 0 Å². The minimum Gasteiger partial charge on any atom is -0.478 e. The molecule has 5 rings (SSSR count). The van der Waals surface area contributed by atoms with E-state index in [9.17, 15) is 39.6 Å². The molecule has 0 fully saturated rings. The van der Waals surface area contributed by atoms with Crippen molar-refractivity contribution >= 4 is 23.9 Å². The van der Waals surface area contributed by atoms with Gasteiger partial charge in [-0.25, -0.2) is 19.2 Å². The highest BCUT2D eigenvalue weighted by atomic mass is 19.4. The molecule has 0 heterocycles. The second-order valence-corrected chi connectivity index (χ2v) is 10.3. The third-order valence-corrected chi connectivity index (χ3v) is 8.12.